The predicted octanol–water partition coefficient (Wildman–Crippen LogP) is 3.66. The van der Waals surface area contributed by atoms with Crippen molar-refractivity contribution < 1.29 is 14.7 Å². The second kappa shape index (κ2) is 6.83. The molecule has 0 spiro atoms. The number of nitrogens with zero attached hydrogens (tertiary/aromatic N) is 1. The molecule has 0 saturated carbocycles. The lowest BCUT2D eigenvalue weighted by Gasteiger charge is -2.37. The Morgan fingerprint density at radius 1 is 1.48 bits per heavy atom. The molecule has 2 unspecified atom stereocenters. The lowest BCUT2D eigenvalue weighted by atomic mass is 9.91. The molecule has 2 N–H and O–H groups in total. The van der Waals surface area contributed by atoms with E-state index in [1.165, 1.54) is 4.90 Å². The number of hydrogen-bond acceptors (Lipinski definition) is 2. The minimum atomic E-state index is -0.955. The molecule has 0 bridgehead atoms. The standard InChI is InChI=1S/C14H16ClIN2O3/c1-8-3-2-6-18(12(8)13(19)20)14(21)17-11-5-4-9(15)7-10(11)16/h4-5,7-8,12H,2-3,6H2,1H3,(H,17,21)(H,19,20). The number of urea groups is 1. The van der Waals surface area contributed by atoms with Gasteiger partial charge < -0.3 is 15.3 Å². The van der Waals surface area contributed by atoms with E-state index < -0.39 is 12.0 Å². The Kier molecular flexibility index (Phi) is 5.32. The Morgan fingerprint density at radius 2 is 2.19 bits per heavy atom. The van der Waals surface area contributed by atoms with Crippen molar-refractivity contribution in [2.75, 3.05) is 11.9 Å². The first-order valence-electron chi connectivity index (χ1n) is 6.65. The first-order chi connectivity index (χ1) is 9.90. The van der Waals surface area contributed by atoms with Crippen LogP contribution in [0.2, 0.25) is 5.02 Å². The maximum Gasteiger partial charge on any atom is 0.326 e. The topological polar surface area (TPSA) is 69.6 Å². The third-order valence-corrected chi connectivity index (χ3v) is 4.75. The molecule has 1 aromatic carbocycles. The van der Waals surface area contributed by atoms with Crippen molar-refractivity contribution in [2.45, 2.75) is 25.8 Å². The van der Waals surface area contributed by atoms with Crippen LogP contribution in [-0.4, -0.2) is 34.6 Å². The molecule has 0 radical (unpaired) electrons. The van der Waals surface area contributed by atoms with Crippen molar-refractivity contribution in [1.29, 1.82) is 0 Å². The number of rotatable bonds is 2. The minimum Gasteiger partial charge on any atom is -0.480 e. The zero-order valence-corrected chi connectivity index (χ0v) is 14.4. The quantitative estimate of drug-likeness (QED) is 0.715. The fraction of sp³-hybridized carbons (Fsp3) is 0.429. The van der Waals surface area contributed by atoms with E-state index in [2.05, 4.69) is 27.9 Å². The van der Waals surface area contributed by atoms with Crippen molar-refractivity contribution in [2.24, 2.45) is 5.92 Å². The summed E-state index contributed by atoms with van der Waals surface area (Å²) in [4.78, 5) is 25.2. The van der Waals surface area contributed by atoms with Gasteiger partial charge in [0.15, 0.2) is 0 Å². The van der Waals surface area contributed by atoms with Gasteiger partial charge in [-0.25, -0.2) is 9.59 Å². The van der Waals surface area contributed by atoms with Gasteiger partial charge in [0.25, 0.3) is 0 Å². The first kappa shape index (κ1) is 16.4. The van der Waals surface area contributed by atoms with E-state index in [9.17, 15) is 14.7 Å². The van der Waals surface area contributed by atoms with Crippen molar-refractivity contribution in [3.63, 3.8) is 0 Å². The maximum atomic E-state index is 12.4. The van der Waals surface area contributed by atoms with Crippen LogP contribution in [0.5, 0.6) is 0 Å². The lowest BCUT2D eigenvalue weighted by molar-refractivity contribution is -0.145. The molecular weight excluding hydrogens is 407 g/mol. The summed E-state index contributed by atoms with van der Waals surface area (Å²) in [6.07, 6.45) is 1.63. The molecule has 2 amide bonds. The number of carboxylic acids is 1. The average Bonchev–Trinajstić information content (AvgIpc) is 2.41. The van der Waals surface area contributed by atoms with Gasteiger partial charge in [0.2, 0.25) is 0 Å². The van der Waals surface area contributed by atoms with Crippen LogP contribution >= 0.6 is 34.2 Å². The Morgan fingerprint density at radius 3 is 2.81 bits per heavy atom. The first-order valence-corrected chi connectivity index (χ1v) is 8.11. The Bertz CT molecular complexity index is 567. The van der Waals surface area contributed by atoms with E-state index >= 15 is 0 Å². The average molecular weight is 423 g/mol. The molecule has 1 saturated heterocycles. The van der Waals surface area contributed by atoms with Crippen molar-refractivity contribution in [1.82, 2.24) is 4.90 Å². The second-order valence-corrected chi connectivity index (χ2v) is 6.75. The number of carbonyl (C=O) groups is 2. The Hall–Kier alpha value is -1.02. The van der Waals surface area contributed by atoms with Crippen LogP contribution < -0.4 is 5.32 Å². The third kappa shape index (κ3) is 3.79. The molecule has 0 aliphatic carbocycles. The molecule has 21 heavy (non-hydrogen) atoms. The molecular formula is C14H16ClIN2O3. The van der Waals surface area contributed by atoms with E-state index in [1.54, 1.807) is 18.2 Å². The highest BCUT2D eigenvalue weighted by molar-refractivity contribution is 14.1. The molecule has 1 aromatic rings. The summed E-state index contributed by atoms with van der Waals surface area (Å²) in [6, 6.07) is 3.99. The maximum absolute atomic E-state index is 12.4. The van der Waals surface area contributed by atoms with E-state index in [0.29, 0.717) is 17.3 Å². The lowest BCUT2D eigenvalue weighted by Crippen LogP contribution is -2.53. The highest BCUT2D eigenvalue weighted by Crippen LogP contribution is 2.26. The van der Waals surface area contributed by atoms with Crippen molar-refractivity contribution in [3.05, 3.63) is 26.8 Å². The van der Waals surface area contributed by atoms with Crippen LogP contribution in [0, 0.1) is 9.49 Å². The van der Waals surface area contributed by atoms with Gasteiger partial charge in [-0.05, 0) is 59.5 Å². The van der Waals surface area contributed by atoms with Crippen molar-refractivity contribution in [3.8, 4) is 0 Å². The molecule has 2 atom stereocenters. The van der Waals surface area contributed by atoms with Crippen LogP contribution in [0.4, 0.5) is 10.5 Å². The summed E-state index contributed by atoms with van der Waals surface area (Å²) in [5.74, 6) is -1.01. The number of likely N-dealkylation sites (tertiary alicyclic amines) is 1. The second-order valence-electron chi connectivity index (χ2n) is 5.15. The highest BCUT2D eigenvalue weighted by atomic mass is 127. The largest absolute Gasteiger partial charge is 0.480 e. The Balaban J connectivity index is 2.16. The fourth-order valence-corrected chi connectivity index (χ4v) is 3.58. The number of amides is 2. The minimum absolute atomic E-state index is 0.0497. The van der Waals surface area contributed by atoms with Crippen LogP contribution in [0.25, 0.3) is 0 Å². The van der Waals surface area contributed by atoms with Gasteiger partial charge in [0.1, 0.15) is 6.04 Å². The molecule has 1 aliphatic rings. The molecule has 0 aromatic heterocycles. The summed E-state index contributed by atoms with van der Waals surface area (Å²) in [5, 5.41) is 12.7. The SMILES string of the molecule is CC1CCCN(C(=O)Nc2ccc(Cl)cc2I)C1C(=O)O. The number of hydrogen-bond donors (Lipinski definition) is 2. The van der Waals surface area contributed by atoms with Crippen LogP contribution in [0.1, 0.15) is 19.8 Å². The summed E-state index contributed by atoms with van der Waals surface area (Å²) in [5.41, 5.74) is 0.632. The van der Waals surface area contributed by atoms with Gasteiger partial charge in [-0.1, -0.05) is 18.5 Å². The summed E-state index contributed by atoms with van der Waals surface area (Å²) < 4.78 is 0.811. The molecule has 2 rings (SSSR count). The fourth-order valence-electron chi connectivity index (χ4n) is 2.57. The number of aliphatic carboxylic acids is 1. The number of halogens is 2. The smallest absolute Gasteiger partial charge is 0.326 e. The number of nitrogens with one attached hydrogen (secondary N) is 1. The summed E-state index contributed by atoms with van der Waals surface area (Å²) in [6.45, 7) is 2.32. The van der Waals surface area contributed by atoms with Crippen molar-refractivity contribution >= 4 is 51.9 Å². The molecule has 7 heteroatoms. The molecule has 1 aliphatic heterocycles. The predicted molar refractivity (Wildman–Crippen MR) is 89.7 cm³/mol. The van der Waals surface area contributed by atoms with E-state index in [0.717, 1.165) is 16.4 Å². The molecule has 1 fully saturated rings. The molecule has 1 heterocycles. The monoisotopic (exact) mass is 422 g/mol. The van der Waals surface area contributed by atoms with Gasteiger partial charge in [0.05, 0.1) is 5.69 Å². The van der Waals surface area contributed by atoms with E-state index in [-0.39, 0.29) is 11.9 Å². The zero-order valence-electron chi connectivity index (χ0n) is 11.5. The summed E-state index contributed by atoms with van der Waals surface area (Å²) in [7, 11) is 0. The van der Waals surface area contributed by atoms with Gasteiger partial charge in [0, 0.05) is 15.1 Å². The highest BCUT2D eigenvalue weighted by Gasteiger charge is 2.37. The molecule has 114 valence electrons. The van der Waals surface area contributed by atoms with E-state index in [4.69, 9.17) is 11.6 Å². The third-order valence-electron chi connectivity index (χ3n) is 3.62. The van der Waals surface area contributed by atoms with Gasteiger partial charge in [-0.15, -0.1) is 0 Å². The number of carbonyl (C=O) groups excluding carboxylic acids is 1. The number of anilines is 1. The normalized spacial score (nSPS) is 22.0. The van der Waals surface area contributed by atoms with E-state index in [1.807, 2.05) is 6.92 Å². The van der Waals surface area contributed by atoms with Gasteiger partial charge >= 0.3 is 12.0 Å². The number of carboxylic acid groups (broad SMARTS) is 1. The number of benzene rings is 1. The number of piperidine rings is 1. The van der Waals surface area contributed by atoms with Crippen LogP contribution in [0.3, 0.4) is 0 Å². The van der Waals surface area contributed by atoms with Crippen LogP contribution in [0.15, 0.2) is 18.2 Å². The van der Waals surface area contributed by atoms with Gasteiger partial charge in [-0.3, -0.25) is 0 Å². The van der Waals surface area contributed by atoms with Crippen LogP contribution in [-0.2, 0) is 4.79 Å². The zero-order chi connectivity index (χ0) is 15.6. The Labute approximate surface area is 141 Å². The van der Waals surface area contributed by atoms with Gasteiger partial charge in [-0.2, -0.15) is 0 Å². The summed E-state index contributed by atoms with van der Waals surface area (Å²) >= 11 is 7.96. The molecule has 5 nitrogen and oxygen atoms in total.